The van der Waals surface area contributed by atoms with Crippen LogP contribution in [0.4, 0.5) is 0 Å². The first-order chi connectivity index (χ1) is 23.8. The summed E-state index contributed by atoms with van der Waals surface area (Å²) in [5.41, 5.74) is 10.8. The van der Waals surface area contributed by atoms with E-state index in [2.05, 4.69) is 150 Å². The van der Waals surface area contributed by atoms with E-state index in [0.29, 0.717) is 11.5 Å². The van der Waals surface area contributed by atoms with E-state index in [1.165, 1.54) is 21.9 Å². The van der Waals surface area contributed by atoms with Gasteiger partial charge in [-0.1, -0.05) is 133 Å². The van der Waals surface area contributed by atoms with Gasteiger partial charge < -0.3 is 4.42 Å². The molecular formula is C44H27N3O. The maximum absolute atomic E-state index is 6.62. The maximum atomic E-state index is 6.62. The highest BCUT2D eigenvalue weighted by molar-refractivity contribution is 6.13. The van der Waals surface area contributed by atoms with Gasteiger partial charge in [0, 0.05) is 21.7 Å². The molecule has 0 saturated heterocycles. The number of nitrogens with zero attached hydrogens (tertiary/aromatic N) is 3. The molecular weight excluding hydrogens is 587 g/mol. The summed E-state index contributed by atoms with van der Waals surface area (Å²) in [7, 11) is 0. The molecule has 0 aliphatic rings. The minimum atomic E-state index is 0.613. The Bertz CT molecular complexity index is 2790. The molecule has 0 N–H and O–H groups in total. The molecule has 0 spiro atoms. The van der Waals surface area contributed by atoms with Gasteiger partial charge in [0.2, 0.25) is 5.95 Å². The van der Waals surface area contributed by atoms with Crippen molar-refractivity contribution in [2.45, 2.75) is 0 Å². The van der Waals surface area contributed by atoms with Crippen molar-refractivity contribution in [3.63, 3.8) is 0 Å². The summed E-state index contributed by atoms with van der Waals surface area (Å²) < 4.78 is 8.81. The second-order valence-electron chi connectivity index (χ2n) is 12.2. The molecule has 0 atom stereocenters. The fraction of sp³-hybridized carbons (Fsp3) is 0. The lowest BCUT2D eigenvalue weighted by Gasteiger charge is -2.14. The number of fused-ring (bicyclic) bond motifs is 7. The quantitative estimate of drug-likeness (QED) is 0.198. The molecule has 0 saturated carbocycles. The van der Waals surface area contributed by atoms with Gasteiger partial charge in [0.05, 0.1) is 11.0 Å². The highest BCUT2D eigenvalue weighted by Crippen LogP contribution is 2.42. The molecule has 48 heavy (non-hydrogen) atoms. The molecule has 4 heteroatoms. The molecule has 10 aromatic rings. The van der Waals surface area contributed by atoms with Crippen LogP contribution >= 0.6 is 0 Å². The summed E-state index contributed by atoms with van der Waals surface area (Å²) in [4.78, 5) is 10.7. The topological polar surface area (TPSA) is 43.9 Å². The summed E-state index contributed by atoms with van der Waals surface area (Å²) in [6.45, 7) is 0. The summed E-state index contributed by atoms with van der Waals surface area (Å²) in [6.07, 6.45) is 0. The van der Waals surface area contributed by atoms with Crippen LogP contribution in [0.1, 0.15) is 0 Å². The number of hydrogen-bond donors (Lipinski definition) is 0. The largest absolute Gasteiger partial charge is 0.452 e. The van der Waals surface area contributed by atoms with Crippen molar-refractivity contribution in [1.29, 1.82) is 0 Å². The van der Waals surface area contributed by atoms with E-state index in [0.717, 1.165) is 60.7 Å². The normalized spacial score (nSPS) is 11.8. The van der Waals surface area contributed by atoms with Gasteiger partial charge >= 0.3 is 0 Å². The number of aromatic nitrogens is 3. The lowest BCUT2D eigenvalue weighted by atomic mass is 9.91. The SMILES string of the molecule is c1ccc(-c2cccc(-c3cccc4cccc(-c5nc(-n6c7ccccc7c7ccccc76)nc6c5oc5ccccc56)c34)c2)cc1. The van der Waals surface area contributed by atoms with Gasteiger partial charge in [-0.2, -0.15) is 0 Å². The lowest BCUT2D eigenvalue weighted by molar-refractivity contribution is 0.666. The van der Waals surface area contributed by atoms with Crippen molar-refractivity contribution in [2.75, 3.05) is 0 Å². The van der Waals surface area contributed by atoms with Gasteiger partial charge in [0.15, 0.2) is 5.58 Å². The first-order valence-electron chi connectivity index (χ1n) is 16.2. The minimum Gasteiger partial charge on any atom is -0.452 e. The Kier molecular flexibility index (Phi) is 5.84. The molecule has 3 aromatic heterocycles. The van der Waals surface area contributed by atoms with Crippen LogP contribution in [0.3, 0.4) is 0 Å². The first kappa shape index (κ1) is 26.7. The van der Waals surface area contributed by atoms with Crippen LogP contribution in [-0.2, 0) is 0 Å². The van der Waals surface area contributed by atoms with E-state index in [1.807, 2.05) is 18.2 Å². The van der Waals surface area contributed by atoms with Gasteiger partial charge in [-0.25, -0.2) is 9.97 Å². The van der Waals surface area contributed by atoms with Gasteiger partial charge in [0.1, 0.15) is 16.8 Å². The lowest BCUT2D eigenvalue weighted by Crippen LogP contribution is -2.03. The molecule has 10 rings (SSSR count). The molecule has 0 aliphatic carbocycles. The molecule has 7 aromatic carbocycles. The van der Waals surface area contributed by atoms with Gasteiger partial charge in [0.25, 0.3) is 0 Å². The van der Waals surface area contributed by atoms with E-state index >= 15 is 0 Å². The Morgan fingerprint density at radius 3 is 1.83 bits per heavy atom. The van der Waals surface area contributed by atoms with Crippen molar-refractivity contribution < 1.29 is 4.42 Å². The second-order valence-corrected chi connectivity index (χ2v) is 12.2. The van der Waals surface area contributed by atoms with E-state index in [-0.39, 0.29) is 0 Å². The van der Waals surface area contributed by atoms with E-state index < -0.39 is 0 Å². The molecule has 0 bridgehead atoms. The van der Waals surface area contributed by atoms with Gasteiger partial charge in [-0.15, -0.1) is 0 Å². The summed E-state index contributed by atoms with van der Waals surface area (Å²) >= 11 is 0. The average molecular weight is 614 g/mol. The van der Waals surface area contributed by atoms with Crippen molar-refractivity contribution >= 4 is 54.6 Å². The fourth-order valence-electron chi connectivity index (χ4n) is 7.28. The number of para-hydroxylation sites is 3. The zero-order valence-electron chi connectivity index (χ0n) is 25.8. The summed E-state index contributed by atoms with van der Waals surface area (Å²) in [5, 5.41) is 5.56. The monoisotopic (exact) mass is 613 g/mol. The van der Waals surface area contributed by atoms with Gasteiger partial charge in [-0.3, -0.25) is 4.57 Å². The van der Waals surface area contributed by atoms with E-state index in [4.69, 9.17) is 14.4 Å². The minimum absolute atomic E-state index is 0.613. The Labute approximate surface area is 276 Å². The molecule has 224 valence electrons. The number of furan rings is 1. The fourth-order valence-corrected chi connectivity index (χ4v) is 7.28. The van der Waals surface area contributed by atoms with Crippen molar-refractivity contribution in [1.82, 2.24) is 14.5 Å². The maximum Gasteiger partial charge on any atom is 0.236 e. The Hall–Kier alpha value is -6.52. The number of benzene rings is 7. The molecule has 0 fully saturated rings. The van der Waals surface area contributed by atoms with Crippen LogP contribution in [0.2, 0.25) is 0 Å². The molecule has 0 unspecified atom stereocenters. The van der Waals surface area contributed by atoms with Crippen LogP contribution in [0.15, 0.2) is 168 Å². The zero-order chi connectivity index (χ0) is 31.6. The Morgan fingerprint density at radius 2 is 1.06 bits per heavy atom. The highest BCUT2D eigenvalue weighted by atomic mass is 16.3. The molecule has 0 amide bonds. The van der Waals surface area contributed by atoms with Crippen LogP contribution in [-0.4, -0.2) is 14.5 Å². The van der Waals surface area contributed by atoms with Crippen molar-refractivity contribution in [2.24, 2.45) is 0 Å². The van der Waals surface area contributed by atoms with Crippen LogP contribution < -0.4 is 0 Å². The summed E-state index contributed by atoms with van der Waals surface area (Å²) in [6, 6.07) is 57.4. The third-order valence-electron chi connectivity index (χ3n) is 9.43. The Morgan fingerprint density at radius 1 is 0.458 bits per heavy atom. The van der Waals surface area contributed by atoms with Crippen LogP contribution in [0, 0.1) is 0 Å². The second kappa shape index (κ2) is 10.5. The van der Waals surface area contributed by atoms with E-state index in [1.54, 1.807) is 0 Å². The highest BCUT2D eigenvalue weighted by Gasteiger charge is 2.22. The van der Waals surface area contributed by atoms with E-state index in [9.17, 15) is 0 Å². The Balaban J connectivity index is 1.30. The zero-order valence-corrected chi connectivity index (χ0v) is 25.8. The summed E-state index contributed by atoms with van der Waals surface area (Å²) in [5.74, 6) is 0.613. The third-order valence-corrected chi connectivity index (χ3v) is 9.43. The van der Waals surface area contributed by atoms with Gasteiger partial charge in [-0.05, 0) is 63.4 Å². The van der Waals surface area contributed by atoms with Crippen molar-refractivity contribution in [3.8, 4) is 39.5 Å². The molecule has 0 aliphatic heterocycles. The first-order valence-corrected chi connectivity index (χ1v) is 16.2. The number of rotatable bonds is 4. The van der Waals surface area contributed by atoms with Crippen LogP contribution in [0.25, 0.3) is 94.1 Å². The standard InChI is InChI=1S/C44H27N3O/c1-2-13-28(14-3-1)30-17-10-18-31(27-30)32-22-11-15-29-16-12-23-36(40(29)32)42-43-41(35-21-6-9-26-39(35)48-43)45-44(46-42)47-37-24-7-4-19-33(37)34-20-5-8-25-38(34)47/h1-27H. The molecule has 4 nitrogen and oxygen atoms in total. The predicted molar refractivity (Wildman–Crippen MR) is 197 cm³/mol. The smallest absolute Gasteiger partial charge is 0.236 e. The average Bonchev–Trinajstić information content (AvgIpc) is 3.70. The third kappa shape index (κ3) is 4.03. The molecule has 3 heterocycles. The van der Waals surface area contributed by atoms with Crippen LogP contribution in [0.5, 0.6) is 0 Å². The van der Waals surface area contributed by atoms with Crippen molar-refractivity contribution in [3.05, 3.63) is 164 Å². The number of hydrogen-bond acceptors (Lipinski definition) is 3. The molecule has 0 radical (unpaired) electrons. The predicted octanol–water partition coefficient (Wildman–Crippen LogP) is 11.6.